The summed E-state index contributed by atoms with van der Waals surface area (Å²) in [6.07, 6.45) is 1.65. The fraction of sp³-hybridized carbons (Fsp3) is 0.757. The lowest BCUT2D eigenvalue weighted by atomic mass is 9.33. The average Bonchev–Trinajstić information content (AvgIpc) is 1.40. The Morgan fingerprint density at radius 1 is 0.345 bits per heavy atom. The second-order valence-electron chi connectivity index (χ2n) is 49.6. The first-order valence-corrected chi connectivity index (χ1v) is 51.2. The van der Waals surface area contributed by atoms with Crippen LogP contribution in [0.15, 0.2) is 69.0 Å². The largest absolute Gasteiger partial charge is 0.472 e. The van der Waals surface area contributed by atoms with Crippen molar-refractivity contribution in [3.8, 4) is 0 Å². The number of rotatable bonds is 22. The van der Waals surface area contributed by atoms with Crippen molar-refractivity contribution >= 4 is 83.0 Å². The second-order valence-corrected chi connectivity index (χ2v) is 49.6. The van der Waals surface area contributed by atoms with Crippen molar-refractivity contribution < 1.29 is 180 Å². The molecule has 0 radical (unpaired) electrons. The Hall–Kier alpha value is -9.38. The molecule has 12 saturated carbocycles. The van der Waals surface area contributed by atoms with Gasteiger partial charge in [0, 0.05) is 107 Å². The minimum Gasteiger partial charge on any atom is -0.472 e. The lowest BCUT2D eigenvalue weighted by Gasteiger charge is -2.77. The molecule has 36 atom stereocenters. The number of aliphatic hydroxyl groups is 1. The van der Waals surface area contributed by atoms with Gasteiger partial charge in [0.05, 0.1) is 106 Å². The van der Waals surface area contributed by atoms with Crippen molar-refractivity contribution in [2.24, 2.45) is 114 Å². The highest BCUT2D eigenvalue weighted by Crippen LogP contribution is 2.95. The van der Waals surface area contributed by atoms with Gasteiger partial charge in [-0.05, 0) is 93.7 Å². The van der Waals surface area contributed by atoms with Crippen LogP contribution < -0.4 is 0 Å². The molecule has 0 amide bonds. The first kappa shape index (κ1) is 100. The molecular formula is C107H132O38. The van der Waals surface area contributed by atoms with E-state index in [1.807, 2.05) is 62.3 Å². The van der Waals surface area contributed by atoms with Crippen LogP contribution in [0, 0.1) is 114 Å². The van der Waals surface area contributed by atoms with E-state index in [4.69, 9.17) is 108 Å². The third-order valence-electron chi connectivity index (χ3n) is 41.8. The van der Waals surface area contributed by atoms with Crippen molar-refractivity contribution in [1.82, 2.24) is 0 Å². The molecule has 9 saturated heterocycles. The lowest BCUT2D eigenvalue weighted by molar-refractivity contribution is -0.478. The van der Waals surface area contributed by atoms with Gasteiger partial charge in [-0.2, -0.15) is 0 Å². The molecule has 12 aliphatic carbocycles. The van der Waals surface area contributed by atoms with Crippen LogP contribution in [0.5, 0.6) is 0 Å². The summed E-state index contributed by atoms with van der Waals surface area (Å²) in [4.78, 5) is 195. The molecule has 38 nitrogen and oxygen atoms in total. The van der Waals surface area contributed by atoms with Crippen LogP contribution in [0.25, 0.3) is 0 Å². The number of Topliss-reactive ketones (excluding diaryl/α,β-unsaturated/α-hetero) is 3. The maximum absolute atomic E-state index is 14.6. The Labute approximate surface area is 837 Å². The Kier molecular flexibility index (Phi) is 20.6. The second kappa shape index (κ2) is 29.9. The number of ketones is 3. The molecule has 145 heavy (non-hydrogen) atoms. The summed E-state index contributed by atoms with van der Waals surface area (Å²) in [5, 5.41) is 13.5. The van der Waals surface area contributed by atoms with Crippen molar-refractivity contribution in [2.45, 2.75) is 370 Å². The average molecular weight is 2030 g/mol. The molecule has 38 heteroatoms. The molecule has 12 bridgehead atoms. The normalized spacial score (nSPS) is 50.0. The van der Waals surface area contributed by atoms with Crippen molar-refractivity contribution in [3.63, 3.8) is 0 Å². The Morgan fingerprint density at radius 3 is 0.897 bits per heavy atom. The highest BCUT2D eigenvalue weighted by molar-refractivity contribution is 6.03. The zero-order valence-electron chi connectivity index (χ0n) is 86.7. The van der Waals surface area contributed by atoms with E-state index in [2.05, 4.69) is 0 Å². The molecular weight excluding hydrogens is 1890 g/mol. The SMILES string of the molecule is COC(=O)CC1C2(C)CC34OC5(C)OC67C(CC(=O)OC6C3(O)C2OC(=O)C(C)C)C(C)(C(=O)c2ccoc2)CCC7(O5)C14C.COC(=O)CC1C2(C)CC34OC5(C)OC67C(CC(=O)OC6C3(OC(=O)C(C)C)C2OC(=O)C(C)C)C(C)(C(=O)c2ccoc2)CCC7(O5)C14C.COC(=O)CC1C2(C)CC34OC5(C)OC67C(CC(=O)OC6C3(OC(=O)C(C)C)C2OC(=O)C(C)C)C(C)(C(=O)c2ccoc2)CCC7(O5)C14C. The van der Waals surface area contributed by atoms with Gasteiger partial charge < -0.3 is 113 Å². The van der Waals surface area contributed by atoms with E-state index >= 15 is 0 Å². The van der Waals surface area contributed by atoms with Crippen molar-refractivity contribution in [3.05, 3.63) is 72.5 Å². The van der Waals surface area contributed by atoms with E-state index in [1.54, 1.807) is 108 Å². The van der Waals surface area contributed by atoms with E-state index in [0.29, 0.717) is 36.0 Å². The number of ether oxygens (including phenoxy) is 20. The van der Waals surface area contributed by atoms with Gasteiger partial charge in [0.1, 0.15) is 75.3 Å². The van der Waals surface area contributed by atoms with Crippen LogP contribution in [0.3, 0.4) is 0 Å². The third kappa shape index (κ3) is 10.7. The molecule has 3 aromatic heterocycles. The molecule has 3 aromatic rings. The molecule has 21 aliphatic rings. The summed E-state index contributed by atoms with van der Waals surface area (Å²) in [6.45, 7) is 38.9. The maximum atomic E-state index is 14.6. The van der Waals surface area contributed by atoms with Crippen LogP contribution >= 0.6 is 0 Å². The van der Waals surface area contributed by atoms with Gasteiger partial charge in [-0.1, -0.05) is 132 Å². The molecule has 1 N–H and O–H groups in total. The zero-order chi connectivity index (χ0) is 105. The summed E-state index contributed by atoms with van der Waals surface area (Å²) >= 11 is 0. The minimum atomic E-state index is -2.12. The van der Waals surface area contributed by atoms with E-state index in [1.165, 1.54) is 58.9 Å². The molecule has 0 aromatic carbocycles. The number of hydrogen-bond acceptors (Lipinski definition) is 38. The van der Waals surface area contributed by atoms with Crippen LogP contribution in [0.2, 0.25) is 0 Å². The fourth-order valence-electron chi connectivity index (χ4n) is 36.8. The Balaban J connectivity index is 0.000000124. The predicted molar refractivity (Wildman–Crippen MR) is 484 cm³/mol. The van der Waals surface area contributed by atoms with Crippen LogP contribution in [0.4, 0.5) is 0 Å². The van der Waals surface area contributed by atoms with Crippen molar-refractivity contribution in [2.75, 3.05) is 21.3 Å². The molecule has 24 rings (SSSR count). The predicted octanol–water partition coefficient (Wildman–Crippen LogP) is 11.7. The first-order valence-electron chi connectivity index (χ1n) is 51.2. The van der Waals surface area contributed by atoms with E-state index < -0.39 is 301 Å². The number of carbonyl (C=O) groups is 14. The molecule has 12 heterocycles. The molecule has 9 aliphatic heterocycles. The highest BCUT2D eigenvalue weighted by atomic mass is 17.0. The number of furan rings is 3. The lowest BCUT2D eigenvalue weighted by Crippen LogP contribution is -2.94. The summed E-state index contributed by atoms with van der Waals surface area (Å²) in [5.41, 5.74) is -28.9. The summed E-state index contributed by atoms with van der Waals surface area (Å²) < 4.78 is 147. The van der Waals surface area contributed by atoms with E-state index in [-0.39, 0.29) is 94.4 Å². The number of methoxy groups -OCH3 is 3. The third-order valence-corrected chi connectivity index (χ3v) is 41.8. The number of hydrogen-bond donors (Lipinski definition) is 1. The van der Waals surface area contributed by atoms with Gasteiger partial charge in [-0.15, -0.1) is 0 Å². The number of carbonyl (C=O) groups excluding carboxylic acids is 14. The van der Waals surface area contributed by atoms with Gasteiger partial charge in [-0.3, -0.25) is 67.1 Å². The topological polar surface area (TPSA) is 483 Å². The van der Waals surface area contributed by atoms with Gasteiger partial charge in [0.25, 0.3) is 17.9 Å². The quantitative estimate of drug-likeness (QED) is 0.0554. The number of esters is 11. The first-order chi connectivity index (χ1) is 67.5. The smallest absolute Gasteiger partial charge is 0.309 e. The summed E-state index contributed by atoms with van der Waals surface area (Å²) in [6, 6.07) is 4.76. The maximum Gasteiger partial charge on any atom is 0.309 e. The minimum absolute atomic E-state index is 0.0708. The Bertz CT molecular complexity index is 5890. The van der Waals surface area contributed by atoms with Crippen LogP contribution in [-0.4, -0.2) is 231 Å². The van der Waals surface area contributed by atoms with Gasteiger partial charge >= 0.3 is 65.7 Å². The zero-order valence-corrected chi connectivity index (χ0v) is 86.7. The fourth-order valence-corrected chi connectivity index (χ4v) is 36.8. The van der Waals surface area contributed by atoms with E-state index in [0.717, 1.165) is 0 Å². The van der Waals surface area contributed by atoms with Gasteiger partial charge in [0.15, 0.2) is 53.5 Å². The molecule has 36 unspecified atom stereocenters. The van der Waals surface area contributed by atoms with E-state index in [9.17, 15) is 72.2 Å². The Morgan fingerprint density at radius 2 is 0.607 bits per heavy atom. The standard InChI is InChI=1S/2C37H46O13.C33H40O12/c2*1-18(2)26(41)46-28-31(6)17-35-32(7,21(31)14-23(38)43-9)34-12-11-30(5,25(40)20-10-13-44-16-20)22-15-24(39)45-29(37(28,35)47-27(42)19(3)4)36(22,34)50-33(8,48-34)49-35;1-16(2)23(37)42-24-27(4)15-31-28(5,18(27)12-20(34)39-7)30-10-9-26(3,22(36)17-8-11-40-14-17)19-13-21(35)41-25(32(24,31)38)33(19,30)45-29(6,43-30)44-31/h2*10,13,16,18-19,21-22,28-29H,11-12,14-15,17H2,1-9H3;8,11,14,16,18-19,24-25,38H,9-10,12-13,15H2,1-7H3. The van der Waals surface area contributed by atoms with Gasteiger partial charge in [0.2, 0.25) is 11.2 Å². The van der Waals surface area contributed by atoms with Crippen molar-refractivity contribution in [1.29, 1.82) is 0 Å². The van der Waals surface area contributed by atoms with Crippen LogP contribution in [0.1, 0.15) is 280 Å². The number of fused-ring (bicyclic) bond motifs is 9. The molecule has 788 valence electrons. The summed E-state index contributed by atoms with van der Waals surface area (Å²) in [5.74, 6) is -19.7. The summed E-state index contributed by atoms with van der Waals surface area (Å²) in [7, 11) is 3.95. The monoisotopic (exact) mass is 2020 g/mol. The van der Waals surface area contributed by atoms with Crippen LogP contribution in [-0.2, 0) is 147 Å². The van der Waals surface area contributed by atoms with Gasteiger partial charge in [-0.25, -0.2) is 0 Å². The molecule has 21 fully saturated rings. The highest BCUT2D eigenvalue weighted by Gasteiger charge is 3.10. The molecule has 9 spiro atoms.